The van der Waals surface area contributed by atoms with Gasteiger partial charge in [-0.1, -0.05) is 40.9 Å². The highest BCUT2D eigenvalue weighted by Gasteiger charge is 2.11. The largest absolute Gasteiger partial charge is 0.484 e. The number of ether oxygens (including phenoxy) is 1. The number of ketones is 1. The Bertz CT molecular complexity index is 580. The zero-order valence-electron chi connectivity index (χ0n) is 8.95. The Hall–Kier alpha value is -0.740. The van der Waals surface area contributed by atoms with E-state index in [1.807, 2.05) is 0 Å². The maximum absolute atomic E-state index is 11.8. The van der Waals surface area contributed by atoms with Crippen molar-refractivity contribution < 1.29 is 9.53 Å². The van der Waals surface area contributed by atoms with Crippen molar-refractivity contribution in [1.82, 2.24) is 0 Å². The summed E-state index contributed by atoms with van der Waals surface area (Å²) >= 11 is 18.7. The minimum Gasteiger partial charge on any atom is -0.484 e. The summed E-state index contributed by atoms with van der Waals surface area (Å²) in [6, 6.07) is 8.35. The SMILES string of the molecule is O=C(COc1cccc(Cl)c1Cl)c1ccc(Cl)s1. The van der Waals surface area contributed by atoms with Gasteiger partial charge in [0.25, 0.3) is 0 Å². The lowest BCUT2D eigenvalue weighted by molar-refractivity contribution is 0.0925. The molecule has 94 valence electrons. The van der Waals surface area contributed by atoms with E-state index in [0.29, 0.717) is 25.0 Å². The molecule has 0 radical (unpaired) electrons. The summed E-state index contributed by atoms with van der Waals surface area (Å²) in [4.78, 5) is 12.3. The molecular weight excluding hydrogens is 315 g/mol. The molecule has 2 rings (SSSR count). The van der Waals surface area contributed by atoms with Gasteiger partial charge in [-0.05, 0) is 24.3 Å². The standard InChI is InChI=1S/C12H7Cl3O2S/c13-7-2-1-3-9(12(7)15)17-6-8(16)10-4-5-11(14)18-10/h1-5H,6H2. The highest BCUT2D eigenvalue weighted by molar-refractivity contribution is 7.18. The molecule has 0 spiro atoms. The number of Topliss-reactive ketones (excluding diaryl/α,β-unsaturated/α-hetero) is 1. The van der Waals surface area contributed by atoms with Crippen molar-refractivity contribution in [3.8, 4) is 5.75 Å². The Morgan fingerprint density at radius 3 is 2.61 bits per heavy atom. The predicted octanol–water partition coefficient (Wildman–Crippen LogP) is 4.97. The first-order valence-electron chi connectivity index (χ1n) is 4.93. The summed E-state index contributed by atoms with van der Waals surface area (Å²) in [5.41, 5.74) is 0. The van der Waals surface area contributed by atoms with E-state index in [0.717, 1.165) is 0 Å². The third kappa shape index (κ3) is 3.18. The fourth-order valence-electron chi connectivity index (χ4n) is 1.27. The lowest BCUT2D eigenvalue weighted by atomic mass is 10.3. The van der Waals surface area contributed by atoms with Gasteiger partial charge in [0.2, 0.25) is 5.78 Å². The van der Waals surface area contributed by atoms with Crippen LogP contribution in [0.25, 0.3) is 0 Å². The van der Waals surface area contributed by atoms with Crippen LogP contribution in [0, 0.1) is 0 Å². The van der Waals surface area contributed by atoms with Crippen LogP contribution in [0.4, 0.5) is 0 Å². The van der Waals surface area contributed by atoms with Gasteiger partial charge in [-0.2, -0.15) is 0 Å². The Balaban J connectivity index is 2.04. The molecule has 0 unspecified atom stereocenters. The smallest absolute Gasteiger partial charge is 0.210 e. The molecule has 1 heterocycles. The molecule has 0 amide bonds. The number of carbonyl (C=O) groups excluding carboxylic acids is 1. The van der Waals surface area contributed by atoms with E-state index in [1.165, 1.54) is 11.3 Å². The van der Waals surface area contributed by atoms with Gasteiger partial charge in [-0.25, -0.2) is 0 Å². The summed E-state index contributed by atoms with van der Waals surface area (Å²) < 4.78 is 5.91. The van der Waals surface area contributed by atoms with Crippen molar-refractivity contribution in [3.05, 3.63) is 49.6 Å². The van der Waals surface area contributed by atoms with Crippen molar-refractivity contribution in [2.24, 2.45) is 0 Å². The molecule has 2 nitrogen and oxygen atoms in total. The third-order valence-corrected chi connectivity index (χ3v) is 4.20. The molecular formula is C12H7Cl3O2S. The Morgan fingerprint density at radius 2 is 1.94 bits per heavy atom. The molecule has 0 bridgehead atoms. The quantitative estimate of drug-likeness (QED) is 0.743. The van der Waals surface area contributed by atoms with E-state index >= 15 is 0 Å². The molecule has 0 aliphatic heterocycles. The monoisotopic (exact) mass is 320 g/mol. The second-order valence-corrected chi connectivity index (χ2v) is 5.87. The second-order valence-electron chi connectivity index (χ2n) is 3.37. The highest BCUT2D eigenvalue weighted by atomic mass is 35.5. The minimum absolute atomic E-state index is 0.100. The van der Waals surface area contributed by atoms with Crippen LogP contribution in [0.2, 0.25) is 14.4 Å². The van der Waals surface area contributed by atoms with Crippen LogP contribution in [0.3, 0.4) is 0 Å². The van der Waals surface area contributed by atoms with Crippen LogP contribution in [0.5, 0.6) is 5.75 Å². The number of carbonyl (C=O) groups is 1. The summed E-state index contributed by atoms with van der Waals surface area (Å²) in [6.07, 6.45) is 0. The van der Waals surface area contributed by atoms with Crippen LogP contribution in [-0.4, -0.2) is 12.4 Å². The predicted molar refractivity (Wildman–Crippen MR) is 75.6 cm³/mol. The van der Waals surface area contributed by atoms with Crippen LogP contribution in [0.1, 0.15) is 9.67 Å². The van der Waals surface area contributed by atoms with Crippen molar-refractivity contribution in [1.29, 1.82) is 0 Å². The van der Waals surface area contributed by atoms with E-state index in [2.05, 4.69) is 0 Å². The zero-order valence-corrected chi connectivity index (χ0v) is 12.0. The number of thiophene rings is 1. The van der Waals surface area contributed by atoms with Crippen molar-refractivity contribution >= 4 is 51.9 Å². The Labute approximate surface area is 123 Å². The van der Waals surface area contributed by atoms with Gasteiger partial charge in [-0.15, -0.1) is 11.3 Å². The average Bonchev–Trinajstić information content (AvgIpc) is 2.77. The molecule has 0 aliphatic rings. The maximum atomic E-state index is 11.8. The number of hydrogen-bond acceptors (Lipinski definition) is 3. The maximum Gasteiger partial charge on any atom is 0.210 e. The average molecular weight is 322 g/mol. The van der Waals surface area contributed by atoms with Crippen LogP contribution in [0.15, 0.2) is 30.3 Å². The van der Waals surface area contributed by atoms with Crippen molar-refractivity contribution in [2.45, 2.75) is 0 Å². The van der Waals surface area contributed by atoms with E-state index in [9.17, 15) is 4.79 Å². The fraction of sp³-hybridized carbons (Fsp3) is 0.0833. The van der Waals surface area contributed by atoms with Crippen molar-refractivity contribution in [2.75, 3.05) is 6.61 Å². The normalized spacial score (nSPS) is 10.4. The summed E-state index contributed by atoms with van der Waals surface area (Å²) in [5.74, 6) is 0.239. The van der Waals surface area contributed by atoms with Gasteiger partial charge < -0.3 is 4.74 Å². The van der Waals surface area contributed by atoms with Gasteiger partial charge in [0.1, 0.15) is 10.8 Å². The van der Waals surface area contributed by atoms with Gasteiger partial charge >= 0.3 is 0 Å². The molecule has 0 saturated carbocycles. The zero-order chi connectivity index (χ0) is 13.1. The van der Waals surface area contributed by atoms with E-state index in [-0.39, 0.29) is 12.4 Å². The summed E-state index contributed by atoms with van der Waals surface area (Å²) in [7, 11) is 0. The van der Waals surface area contributed by atoms with Crippen LogP contribution >= 0.6 is 46.1 Å². The first-order valence-corrected chi connectivity index (χ1v) is 6.88. The van der Waals surface area contributed by atoms with E-state index in [1.54, 1.807) is 30.3 Å². The van der Waals surface area contributed by atoms with Gasteiger partial charge in [0.15, 0.2) is 6.61 Å². The molecule has 0 aliphatic carbocycles. The molecule has 0 fully saturated rings. The van der Waals surface area contributed by atoms with Crippen LogP contribution in [-0.2, 0) is 0 Å². The minimum atomic E-state index is -0.150. The van der Waals surface area contributed by atoms with Gasteiger partial charge in [0.05, 0.1) is 14.2 Å². The number of rotatable bonds is 4. The van der Waals surface area contributed by atoms with E-state index < -0.39 is 0 Å². The number of hydrogen-bond donors (Lipinski definition) is 0. The summed E-state index contributed by atoms with van der Waals surface area (Å²) in [6.45, 7) is -0.100. The highest BCUT2D eigenvalue weighted by Crippen LogP contribution is 2.31. The molecule has 0 atom stereocenters. The van der Waals surface area contributed by atoms with Gasteiger partial charge in [0, 0.05) is 0 Å². The third-order valence-electron chi connectivity index (χ3n) is 2.12. The lowest BCUT2D eigenvalue weighted by Crippen LogP contribution is -2.10. The molecule has 0 saturated heterocycles. The Kier molecular flexibility index (Phi) is 4.51. The van der Waals surface area contributed by atoms with Gasteiger partial charge in [-0.3, -0.25) is 4.79 Å². The Morgan fingerprint density at radius 1 is 1.17 bits per heavy atom. The topological polar surface area (TPSA) is 26.3 Å². The first-order chi connectivity index (χ1) is 8.58. The molecule has 6 heteroatoms. The van der Waals surface area contributed by atoms with E-state index in [4.69, 9.17) is 39.5 Å². The second kappa shape index (κ2) is 5.93. The summed E-state index contributed by atoms with van der Waals surface area (Å²) in [5, 5.41) is 0.692. The number of halogens is 3. The fourth-order valence-corrected chi connectivity index (χ4v) is 2.59. The molecule has 1 aromatic carbocycles. The first kappa shape index (κ1) is 13.7. The number of benzene rings is 1. The van der Waals surface area contributed by atoms with Crippen LogP contribution < -0.4 is 4.74 Å². The molecule has 18 heavy (non-hydrogen) atoms. The molecule has 1 aromatic heterocycles. The lowest BCUT2D eigenvalue weighted by Gasteiger charge is -2.07. The van der Waals surface area contributed by atoms with Crippen molar-refractivity contribution in [3.63, 3.8) is 0 Å². The molecule has 2 aromatic rings. The molecule has 0 N–H and O–H groups in total.